The first-order chi connectivity index (χ1) is 19.2. The second-order valence-corrected chi connectivity index (χ2v) is 10.0. The van der Waals surface area contributed by atoms with E-state index in [1.54, 1.807) is 49.7 Å². The van der Waals surface area contributed by atoms with Gasteiger partial charge < -0.3 is 23.7 Å². The number of methoxy groups -OCH3 is 2. The number of nitrogens with zero attached hydrogens (tertiary/aromatic N) is 4. The quantitative estimate of drug-likeness (QED) is 0.276. The molecule has 0 N–H and O–H groups in total. The molecule has 7 nitrogen and oxygen atoms in total. The van der Waals surface area contributed by atoms with E-state index in [1.807, 2.05) is 27.5 Å². The Kier molecular flexibility index (Phi) is 7.80. The molecule has 0 bridgehead atoms. The number of rotatable bonds is 7. The topological polar surface area (TPSA) is 59.3 Å². The Labute approximate surface area is 234 Å². The summed E-state index contributed by atoms with van der Waals surface area (Å²) in [5.41, 5.74) is 2.10. The Morgan fingerprint density at radius 2 is 1.70 bits per heavy atom. The summed E-state index contributed by atoms with van der Waals surface area (Å²) in [6, 6.07) is 14.4. The molecule has 1 aliphatic heterocycles. The summed E-state index contributed by atoms with van der Waals surface area (Å²) < 4.78 is 52.4. The summed E-state index contributed by atoms with van der Waals surface area (Å²) in [5.74, 6) is 0.709. The number of fused-ring (bicyclic) bond motifs is 1. The van der Waals surface area contributed by atoms with Crippen molar-refractivity contribution in [2.24, 2.45) is 0 Å². The van der Waals surface area contributed by atoms with Crippen LogP contribution in [-0.2, 0) is 11.0 Å². The van der Waals surface area contributed by atoms with Crippen LogP contribution in [0.2, 0.25) is 5.02 Å². The number of pyridine rings is 1. The van der Waals surface area contributed by atoms with Crippen molar-refractivity contribution in [3.05, 3.63) is 88.8 Å². The highest BCUT2D eigenvalue weighted by atomic mass is 35.5. The molecule has 1 saturated heterocycles. The second kappa shape index (κ2) is 11.3. The van der Waals surface area contributed by atoms with Crippen LogP contribution >= 0.6 is 11.6 Å². The van der Waals surface area contributed by atoms with Crippen molar-refractivity contribution in [3.8, 4) is 11.5 Å². The lowest BCUT2D eigenvalue weighted by Crippen LogP contribution is -2.49. The minimum atomic E-state index is -4.41. The number of hydrogen-bond acceptors (Lipinski definition) is 5. The molecule has 0 saturated carbocycles. The molecule has 1 aliphatic rings. The maximum absolute atomic E-state index is 13.7. The predicted octanol–water partition coefficient (Wildman–Crippen LogP) is 5.89. The summed E-state index contributed by atoms with van der Waals surface area (Å²) in [6.45, 7) is 1.64. The van der Waals surface area contributed by atoms with Gasteiger partial charge in [-0.25, -0.2) is 4.98 Å². The van der Waals surface area contributed by atoms with Gasteiger partial charge in [0.15, 0.2) is 0 Å². The zero-order valence-electron chi connectivity index (χ0n) is 22.0. The summed E-state index contributed by atoms with van der Waals surface area (Å²) in [7, 11) is 3.13. The van der Waals surface area contributed by atoms with E-state index in [1.165, 1.54) is 6.07 Å². The van der Waals surface area contributed by atoms with E-state index in [-0.39, 0.29) is 12.3 Å². The first kappa shape index (κ1) is 27.6. The number of amides is 1. The van der Waals surface area contributed by atoms with Crippen LogP contribution in [0.3, 0.4) is 0 Å². The smallest absolute Gasteiger partial charge is 0.416 e. The lowest BCUT2D eigenvalue weighted by molar-refractivity contribution is -0.137. The number of ether oxygens (including phenoxy) is 2. The van der Waals surface area contributed by atoms with Crippen molar-refractivity contribution in [2.75, 3.05) is 45.3 Å². The monoisotopic (exact) mass is 572 g/mol. The Morgan fingerprint density at radius 3 is 2.35 bits per heavy atom. The zero-order chi connectivity index (χ0) is 28.4. The average Bonchev–Trinajstić information content (AvgIpc) is 3.37. The van der Waals surface area contributed by atoms with Crippen molar-refractivity contribution in [2.45, 2.75) is 18.5 Å². The molecule has 40 heavy (non-hydrogen) atoms. The molecular weight excluding hydrogens is 545 g/mol. The molecule has 11 heteroatoms. The number of benzene rings is 2. The van der Waals surface area contributed by atoms with Gasteiger partial charge in [-0.2, -0.15) is 13.2 Å². The molecule has 3 heterocycles. The van der Waals surface area contributed by atoms with E-state index in [9.17, 15) is 18.0 Å². The van der Waals surface area contributed by atoms with E-state index in [4.69, 9.17) is 21.1 Å². The number of imidazole rings is 1. The van der Waals surface area contributed by atoms with Crippen LogP contribution in [0, 0.1) is 0 Å². The van der Waals surface area contributed by atoms with Crippen molar-refractivity contribution < 1.29 is 27.4 Å². The zero-order valence-corrected chi connectivity index (χ0v) is 22.7. The van der Waals surface area contributed by atoms with Crippen molar-refractivity contribution in [3.63, 3.8) is 0 Å². The van der Waals surface area contributed by atoms with Gasteiger partial charge in [-0.05, 0) is 48.0 Å². The van der Waals surface area contributed by atoms with Gasteiger partial charge >= 0.3 is 6.18 Å². The van der Waals surface area contributed by atoms with Gasteiger partial charge in [-0.3, -0.25) is 4.79 Å². The maximum atomic E-state index is 13.7. The first-order valence-electron chi connectivity index (χ1n) is 12.7. The number of aromatic nitrogens is 2. The van der Waals surface area contributed by atoms with Gasteiger partial charge in [0.2, 0.25) is 5.91 Å². The summed E-state index contributed by atoms with van der Waals surface area (Å²) in [5, 5.41) is 0.533. The summed E-state index contributed by atoms with van der Waals surface area (Å²) in [6.07, 6.45) is -0.767. The van der Waals surface area contributed by atoms with Gasteiger partial charge in [0, 0.05) is 62.7 Å². The van der Waals surface area contributed by atoms with E-state index in [2.05, 4.69) is 4.98 Å². The van der Waals surface area contributed by atoms with Gasteiger partial charge in [-0.1, -0.05) is 17.7 Å². The molecule has 5 rings (SSSR count). The molecule has 0 aliphatic carbocycles. The average molecular weight is 573 g/mol. The number of carbonyl (C=O) groups is 1. The third-order valence-corrected chi connectivity index (χ3v) is 7.40. The molecule has 1 atom stereocenters. The molecule has 1 amide bonds. The molecule has 4 aromatic rings. The molecule has 2 aromatic carbocycles. The molecule has 0 spiro atoms. The highest BCUT2D eigenvalue weighted by Gasteiger charge is 2.32. The fraction of sp³-hybridized carbons (Fsp3) is 0.310. The normalized spacial score (nSPS) is 14.8. The first-order valence-corrected chi connectivity index (χ1v) is 13.1. The SMILES string of the molecule is COc1cc(OC)cc(C(CC(=O)N2CCN(c3cccc(C(F)(F)F)c3)CC2)c2cnc3ccc(Cl)cn23)c1. The van der Waals surface area contributed by atoms with Gasteiger partial charge in [0.1, 0.15) is 17.1 Å². The molecule has 210 valence electrons. The minimum Gasteiger partial charge on any atom is -0.497 e. The van der Waals surface area contributed by atoms with E-state index < -0.39 is 17.7 Å². The molecule has 2 aromatic heterocycles. The van der Waals surface area contributed by atoms with Gasteiger partial charge in [0.05, 0.1) is 30.5 Å². The summed E-state index contributed by atoms with van der Waals surface area (Å²) >= 11 is 6.29. The molecular formula is C29H28ClF3N4O3. The lowest BCUT2D eigenvalue weighted by atomic mass is 9.91. The predicted molar refractivity (Wildman–Crippen MR) is 146 cm³/mol. The highest BCUT2D eigenvalue weighted by Crippen LogP contribution is 2.36. The van der Waals surface area contributed by atoms with Crippen LogP contribution in [0.15, 0.2) is 67.0 Å². The number of hydrogen-bond donors (Lipinski definition) is 0. The largest absolute Gasteiger partial charge is 0.497 e. The van der Waals surface area contributed by atoms with E-state index >= 15 is 0 Å². The van der Waals surface area contributed by atoms with Gasteiger partial charge in [0.25, 0.3) is 0 Å². The molecule has 0 radical (unpaired) electrons. The van der Waals surface area contributed by atoms with Crippen molar-refractivity contribution in [1.82, 2.24) is 14.3 Å². The van der Waals surface area contributed by atoms with Crippen molar-refractivity contribution in [1.29, 1.82) is 0 Å². The van der Waals surface area contributed by atoms with E-state index in [0.29, 0.717) is 54.0 Å². The Bertz CT molecular complexity index is 1490. The number of alkyl halides is 3. The van der Waals surface area contributed by atoms with Gasteiger partial charge in [-0.15, -0.1) is 0 Å². The number of piperazine rings is 1. The number of anilines is 1. The Hall–Kier alpha value is -3.92. The second-order valence-electron chi connectivity index (χ2n) is 9.58. The van der Waals surface area contributed by atoms with Crippen LogP contribution in [0.25, 0.3) is 5.65 Å². The Balaban J connectivity index is 1.39. The maximum Gasteiger partial charge on any atom is 0.416 e. The van der Waals surface area contributed by atoms with Crippen LogP contribution in [-0.4, -0.2) is 60.6 Å². The lowest BCUT2D eigenvalue weighted by Gasteiger charge is -2.37. The van der Waals surface area contributed by atoms with Crippen LogP contribution in [0.5, 0.6) is 11.5 Å². The van der Waals surface area contributed by atoms with Crippen LogP contribution in [0.4, 0.5) is 18.9 Å². The standard InChI is InChI=1S/C29H28ClF3N4O3/c1-39-23-12-19(13-24(15-23)40-2)25(26-17-34-27-7-6-21(30)18-37(26)27)16-28(38)36-10-8-35(9-11-36)22-5-3-4-20(14-22)29(31,32)33/h3-7,12-15,17-18,25H,8-11,16H2,1-2H3. The fourth-order valence-electron chi connectivity index (χ4n) is 5.05. The minimum absolute atomic E-state index is 0.0764. The fourth-order valence-corrected chi connectivity index (χ4v) is 5.21. The third-order valence-electron chi connectivity index (χ3n) is 7.18. The summed E-state index contributed by atoms with van der Waals surface area (Å²) in [4.78, 5) is 21.8. The number of halogens is 4. The van der Waals surface area contributed by atoms with Crippen LogP contribution < -0.4 is 14.4 Å². The molecule has 1 unspecified atom stereocenters. The third kappa shape index (κ3) is 5.82. The van der Waals surface area contributed by atoms with E-state index in [0.717, 1.165) is 23.4 Å². The number of carbonyl (C=O) groups excluding carboxylic acids is 1. The van der Waals surface area contributed by atoms with Crippen LogP contribution in [0.1, 0.15) is 29.2 Å². The molecule has 1 fully saturated rings. The Morgan fingerprint density at radius 1 is 1.00 bits per heavy atom. The van der Waals surface area contributed by atoms with Crippen molar-refractivity contribution >= 4 is 28.8 Å². The highest BCUT2D eigenvalue weighted by molar-refractivity contribution is 6.30.